The second-order valence-corrected chi connectivity index (χ2v) is 8.50. The van der Waals surface area contributed by atoms with Crippen LogP contribution in [-0.4, -0.2) is 68.0 Å². The zero-order valence-corrected chi connectivity index (χ0v) is 17.3. The number of aliphatic hydroxyl groups excluding tert-OH is 2. The summed E-state index contributed by atoms with van der Waals surface area (Å²) in [6.07, 6.45) is 0.192. The largest absolute Gasteiger partial charge is 0.507 e. The standard InChI is InChI=1S/C21H23N3O8/c1-24(2)10-3-4-11(25)13-8(10)5-7-6-9-14(18(27)12(7)17(13)26)21(30,31)15(20(22)29)19(28)16(9)23-32/h3-4,7,9,14,25-26,28,30-32H,5-6H2,1-2H3,(H2,22,29)/b23-16+. The molecule has 3 atom stereocenters. The van der Waals surface area contributed by atoms with Gasteiger partial charge in [-0.3, -0.25) is 9.59 Å². The number of nitrogens with two attached hydrogens (primary N) is 1. The van der Waals surface area contributed by atoms with Gasteiger partial charge in [-0.05, 0) is 36.5 Å². The normalized spacial score (nSPS) is 27.7. The van der Waals surface area contributed by atoms with Crippen LogP contribution in [0.15, 0.2) is 34.2 Å². The van der Waals surface area contributed by atoms with Crippen LogP contribution in [0.5, 0.6) is 5.75 Å². The summed E-state index contributed by atoms with van der Waals surface area (Å²) in [5.74, 6) is -10.8. The first-order valence-electron chi connectivity index (χ1n) is 9.83. The summed E-state index contributed by atoms with van der Waals surface area (Å²) >= 11 is 0. The third-order valence-corrected chi connectivity index (χ3v) is 6.57. The van der Waals surface area contributed by atoms with Gasteiger partial charge in [0.05, 0.1) is 11.5 Å². The van der Waals surface area contributed by atoms with Crippen LogP contribution in [0.3, 0.4) is 0 Å². The van der Waals surface area contributed by atoms with E-state index >= 15 is 0 Å². The van der Waals surface area contributed by atoms with Crippen molar-refractivity contribution in [2.75, 3.05) is 19.0 Å². The molecule has 0 bridgehead atoms. The molecule has 11 nitrogen and oxygen atoms in total. The van der Waals surface area contributed by atoms with Crippen molar-refractivity contribution in [1.29, 1.82) is 0 Å². The first-order chi connectivity index (χ1) is 14.9. The van der Waals surface area contributed by atoms with Gasteiger partial charge >= 0.3 is 0 Å². The monoisotopic (exact) mass is 445 g/mol. The number of carbonyl (C=O) groups is 2. The highest BCUT2D eigenvalue weighted by molar-refractivity contribution is 6.16. The number of phenolic OH excluding ortho intramolecular Hbond substituents is 1. The van der Waals surface area contributed by atoms with Gasteiger partial charge in [0.2, 0.25) is 5.79 Å². The van der Waals surface area contributed by atoms with E-state index in [0.717, 1.165) is 0 Å². The zero-order valence-electron chi connectivity index (χ0n) is 17.3. The van der Waals surface area contributed by atoms with Crippen molar-refractivity contribution in [3.8, 4) is 5.75 Å². The van der Waals surface area contributed by atoms with Crippen molar-refractivity contribution in [2.45, 2.75) is 18.6 Å². The summed E-state index contributed by atoms with van der Waals surface area (Å²) in [7, 11) is 3.56. The minimum absolute atomic E-state index is 0.0177. The van der Waals surface area contributed by atoms with Gasteiger partial charge in [0.1, 0.15) is 22.8 Å². The van der Waals surface area contributed by atoms with Crippen molar-refractivity contribution < 1.29 is 40.3 Å². The smallest absolute Gasteiger partial charge is 0.253 e. The topological polar surface area (TPSA) is 197 Å². The molecule has 1 aromatic carbocycles. The second-order valence-electron chi connectivity index (χ2n) is 8.50. The maximum atomic E-state index is 13.5. The summed E-state index contributed by atoms with van der Waals surface area (Å²) < 4.78 is 0. The number of aromatic hydroxyl groups is 1. The number of phenols is 1. The molecular formula is C21H23N3O8. The number of Topliss-reactive ketones (excluding diaryl/α,β-unsaturated/α-hetero) is 1. The summed E-state index contributed by atoms with van der Waals surface area (Å²) in [6, 6.07) is 3.05. The molecule has 0 heterocycles. The number of anilines is 1. The number of hydrogen-bond donors (Lipinski definition) is 7. The Hall–Kier alpha value is -3.57. The lowest BCUT2D eigenvalue weighted by Crippen LogP contribution is -2.59. The van der Waals surface area contributed by atoms with Crippen LogP contribution < -0.4 is 10.6 Å². The number of oxime groups is 1. The first kappa shape index (κ1) is 21.7. The van der Waals surface area contributed by atoms with Crippen molar-refractivity contribution in [2.24, 2.45) is 28.6 Å². The van der Waals surface area contributed by atoms with Gasteiger partial charge in [-0.25, -0.2) is 0 Å². The quantitative estimate of drug-likeness (QED) is 0.185. The third-order valence-electron chi connectivity index (χ3n) is 6.57. The second kappa shape index (κ2) is 6.97. The van der Waals surface area contributed by atoms with Crippen LogP contribution in [0.25, 0.3) is 5.76 Å². The molecule has 1 fully saturated rings. The van der Waals surface area contributed by atoms with E-state index in [0.29, 0.717) is 11.3 Å². The highest BCUT2D eigenvalue weighted by Gasteiger charge is 2.61. The summed E-state index contributed by atoms with van der Waals surface area (Å²) in [6.45, 7) is 0. The lowest BCUT2D eigenvalue weighted by atomic mass is 9.59. The number of aliphatic hydroxyl groups is 4. The van der Waals surface area contributed by atoms with E-state index in [1.165, 1.54) is 6.07 Å². The molecule has 170 valence electrons. The molecule has 1 saturated carbocycles. The SMILES string of the molecule is CN(C)c1ccc(O)c2c1CC1CC3/C(=N\O)C(O)=C(C(N)=O)C(O)(O)C3C(=O)C1=C2O. The number of carbonyl (C=O) groups excluding carboxylic acids is 2. The molecule has 32 heavy (non-hydrogen) atoms. The Bertz CT molecular complexity index is 1150. The minimum atomic E-state index is -3.17. The number of nitrogens with zero attached hydrogens (tertiary/aromatic N) is 2. The molecule has 0 aromatic heterocycles. The third kappa shape index (κ3) is 2.71. The van der Waals surface area contributed by atoms with Crippen molar-refractivity contribution in [3.63, 3.8) is 0 Å². The zero-order chi connectivity index (χ0) is 23.7. The lowest BCUT2D eigenvalue weighted by molar-refractivity contribution is -0.189. The van der Waals surface area contributed by atoms with Crippen LogP contribution in [0.1, 0.15) is 17.5 Å². The minimum Gasteiger partial charge on any atom is -0.507 e. The van der Waals surface area contributed by atoms with Crippen LogP contribution >= 0.6 is 0 Å². The number of primary amides is 1. The Morgan fingerprint density at radius 3 is 2.41 bits per heavy atom. The van der Waals surface area contributed by atoms with Gasteiger partial charge in [0.25, 0.3) is 5.91 Å². The molecule has 0 spiro atoms. The molecule has 3 unspecified atom stereocenters. The van der Waals surface area contributed by atoms with Crippen molar-refractivity contribution in [1.82, 2.24) is 0 Å². The molecule has 3 aliphatic carbocycles. The molecule has 3 aliphatic rings. The number of amides is 1. The Morgan fingerprint density at radius 1 is 1.19 bits per heavy atom. The maximum absolute atomic E-state index is 13.5. The van der Waals surface area contributed by atoms with E-state index in [1.54, 1.807) is 25.1 Å². The van der Waals surface area contributed by atoms with E-state index in [-0.39, 0.29) is 29.7 Å². The van der Waals surface area contributed by atoms with E-state index in [2.05, 4.69) is 5.16 Å². The summed E-state index contributed by atoms with van der Waals surface area (Å²) in [5, 5.41) is 65.7. The van der Waals surface area contributed by atoms with E-state index in [4.69, 9.17) is 5.73 Å². The van der Waals surface area contributed by atoms with Crippen LogP contribution in [0.4, 0.5) is 5.69 Å². The van der Waals surface area contributed by atoms with E-state index in [1.807, 2.05) is 0 Å². The molecular weight excluding hydrogens is 422 g/mol. The fraction of sp³-hybridized carbons (Fsp3) is 0.381. The summed E-state index contributed by atoms with van der Waals surface area (Å²) in [4.78, 5) is 27.1. The Kier molecular flexibility index (Phi) is 4.72. The number of rotatable bonds is 2. The van der Waals surface area contributed by atoms with Crippen molar-refractivity contribution in [3.05, 3.63) is 40.2 Å². The Morgan fingerprint density at radius 2 is 1.84 bits per heavy atom. The van der Waals surface area contributed by atoms with Gasteiger partial charge < -0.3 is 41.4 Å². The van der Waals surface area contributed by atoms with E-state index < -0.39 is 58.0 Å². The van der Waals surface area contributed by atoms with Gasteiger partial charge in [0.15, 0.2) is 11.5 Å². The first-order valence-corrected chi connectivity index (χ1v) is 9.83. The molecule has 0 radical (unpaired) electrons. The van der Waals surface area contributed by atoms with Gasteiger partial charge in [-0.2, -0.15) is 0 Å². The fourth-order valence-electron chi connectivity index (χ4n) is 5.29. The van der Waals surface area contributed by atoms with Crippen LogP contribution in [0, 0.1) is 17.8 Å². The Balaban J connectivity index is 1.95. The van der Waals surface area contributed by atoms with Gasteiger partial charge in [-0.15, -0.1) is 0 Å². The average Bonchev–Trinajstić information content (AvgIpc) is 2.66. The van der Waals surface area contributed by atoms with Gasteiger partial charge in [-0.1, -0.05) is 5.16 Å². The Labute approximate surface area is 182 Å². The summed E-state index contributed by atoms with van der Waals surface area (Å²) in [5.41, 5.74) is 4.85. The number of hydrogen-bond acceptors (Lipinski definition) is 10. The molecule has 8 N–H and O–H groups in total. The number of ketones is 1. The average molecular weight is 445 g/mol. The predicted molar refractivity (Wildman–Crippen MR) is 111 cm³/mol. The molecule has 4 rings (SSSR count). The van der Waals surface area contributed by atoms with Crippen LogP contribution in [0.2, 0.25) is 0 Å². The predicted octanol–water partition coefficient (Wildman–Crippen LogP) is -0.0731. The van der Waals surface area contributed by atoms with E-state index in [9.17, 15) is 40.3 Å². The molecule has 0 aliphatic heterocycles. The molecule has 1 amide bonds. The molecule has 0 saturated heterocycles. The highest BCUT2D eigenvalue weighted by atomic mass is 16.5. The lowest BCUT2D eigenvalue weighted by Gasteiger charge is -2.46. The van der Waals surface area contributed by atoms with Crippen molar-refractivity contribution >= 4 is 28.8 Å². The maximum Gasteiger partial charge on any atom is 0.253 e. The number of allylic oxidation sites excluding steroid dienone is 2. The number of fused-ring (bicyclic) bond motifs is 3. The van der Waals surface area contributed by atoms with Crippen LogP contribution in [-0.2, 0) is 16.0 Å². The number of benzene rings is 1. The molecule has 11 heteroatoms. The highest BCUT2D eigenvalue weighted by Crippen LogP contribution is 2.52. The fourth-order valence-corrected chi connectivity index (χ4v) is 5.29. The molecule has 1 aromatic rings. The van der Waals surface area contributed by atoms with Gasteiger partial charge in [0, 0.05) is 31.3 Å².